The van der Waals surface area contributed by atoms with Crippen molar-refractivity contribution in [2.24, 2.45) is 17.4 Å². The van der Waals surface area contributed by atoms with Crippen LogP contribution in [0.3, 0.4) is 0 Å². The molecule has 17 heavy (non-hydrogen) atoms. The summed E-state index contributed by atoms with van der Waals surface area (Å²) < 4.78 is 0. The quantitative estimate of drug-likeness (QED) is 0.508. The molecule has 2 amide bonds. The molecule has 0 aliphatic heterocycles. The number of carbonyl (C=O) groups is 3. The second-order valence-electron chi connectivity index (χ2n) is 3.95. The monoisotopic (exact) mass is 247 g/mol. The molecule has 0 fully saturated rings. The van der Waals surface area contributed by atoms with Crippen LogP contribution in [-0.2, 0) is 14.4 Å². The van der Waals surface area contributed by atoms with Crippen LogP contribution in [0.25, 0.3) is 0 Å². The maximum Gasteiger partial charge on any atom is 0.326 e. The lowest BCUT2D eigenvalue weighted by Crippen LogP contribution is -2.43. The summed E-state index contributed by atoms with van der Waals surface area (Å²) in [5.74, 6) is -1.85. The number of nitrogens with one attached hydrogen (secondary N) is 1. The van der Waals surface area contributed by atoms with Crippen molar-refractivity contribution in [1.29, 1.82) is 0 Å². The first-order chi connectivity index (χ1) is 7.59. The van der Waals surface area contributed by atoms with Gasteiger partial charge in [-0.15, -0.1) is 0 Å². The van der Waals surface area contributed by atoms with E-state index in [2.05, 4.69) is 11.1 Å². The van der Waals surface area contributed by atoms with Gasteiger partial charge in [-0.3, -0.25) is 9.59 Å². The van der Waals surface area contributed by atoms with Crippen molar-refractivity contribution in [3.8, 4) is 0 Å². The van der Waals surface area contributed by atoms with Gasteiger partial charge in [-0.25, -0.2) is 4.79 Å². The first-order valence-electron chi connectivity index (χ1n) is 5.14. The lowest BCUT2D eigenvalue weighted by atomic mass is 10.1. The zero-order chi connectivity index (χ0) is 14.2. The van der Waals surface area contributed by atoms with E-state index >= 15 is 0 Å². The van der Waals surface area contributed by atoms with Crippen LogP contribution in [-0.4, -0.2) is 35.0 Å². The van der Waals surface area contributed by atoms with Gasteiger partial charge in [-0.1, -0.05) is 13.8 Å². The number of carbonyl (C=O) groups excluding carboxylic acids is 2. The van der Waals surface area contributed by atoms with E-state index in [0.29, 0.717) is 0 Å². The standard InChI is InChI=1S/C7H13NO3.C3H8N2O/c1-4(2)6(7(10)11)8-5(3)9;1-2(4)3(5)6/h4,6H,1-3H3,(H,8,9)(H,10,11);2H,4H2,1H3,(H2,5,6). The smallest absolute Gasteiger partial charge is 0.326 e. The van der Waals surface area contributed by atoms with E-state index in [9.17, 15) is 14.4 Å². The molecule has 0 saturated heterocycles. The third-order valence-electron chi connectivity index (χ3n) is 1.74. The number of hydrogen-bond donors (Lipinski definition) is 4. The van der Waals surface area contributed by atoms with Crippen LogP contribution < -0.4 is 16.8 Å². The number of primary amides is 1. The minimum absolute atomic E-state index is 0.0867. The number of carboxylic acids is 1. The summed E-state index contributed by atoms with van der Waals surface area (Å²) in [7, 11) is 0. The number of rotatable bonds is 4. The molecule has 0 saturated carbocycles. The second kappa shape index (κ2) is 8.51. The molecule has 6 N–H and O–H groups in total. The molecule has 0 aliphatic carbocycles. The predicted octanol–water partition coefficient (Wildman–Crippen LogP) is -0.949. The van der Waals surface area contributed by atoms with E-state index in [1.807, 2.05) is 0 Å². The molecule has 2 unspecified atom stereocenters. The first-order valence-corrected chi connectivity index (χ1v) is 5.14. The van der Waals surface area contributed by atoms with E-state index in [0.717, 1.165) is 0 Å². The highest BCUT2D eigenvalue weighted by Crippen LogP contribution is 2.00. The minimum atomic E-state index is -0.991. The largest absolute Gasteiger partial charge is 0.480 e. The van der Waals surface area contributed by atoms with Gasteiger partial charge in [0.25, 0.3) is 0 Å². The van der Waals surface area contributed by atoms with Gasteiger partial charge in [0.1, 0.15) is 6.04 Å². The Labute approximate surface area is 101 Å². The van der Waals surface area contributed by atoms with Crippen molar-refractivity contribution in [1.82, 2.24) is 5.32 Å². The Hall–Kier alpha value is -1.63. The molecule has 0 aliphatic rings. The summed E-state index contributed by atoms with van der Waals surface area (Å²) in [5.41, 5.74) is 9.63. The van der Waals surface area contributed by atoms with Gasteiger partial charge in [-0.05, 0) is 12.8 Å². The Balaban J connectivity index is 0. The molecule has 0 spiro atoms. The molecule has 100 valence electrons. The zero-order valence-electron chi connectivity index (χ0n) is 10.6. The highest BCUT2D eigenvalue weighted by Gasteiger charge is 2.21. The Morgan fingerprint density at radius 2 is 1.53 bits per heavy atom. The molecule has 0 heterocycles. The van der Waals surface area contributed by atoms with E-state index in [1.165, 1.54) is 6.92 Å². The fraction of sp³-hybridized carbons (Fsp3) is 0.700. The maximum atomic E-state index is 10.5. The highest BCUT2D eigenvalue weighted by atomic mass is 16.4. The third-order valence-corrected chi connectivity index (χ3v) is 1.74. The van der Waals surface area contributed by atoms with Gasteiger partial charge in [0.05, 0.1) is 6.04 Å². The molecule has 0 aromatic rings. The van der Waals surface area contributed by atoms with Crippen LogP contribution in [0.2, 0.25) is 0 Å². The van der Waals surface area contributed by atoms with Crippen molar-refractivity contribution >= 4 is 17.8 Å². The average Bonchev–Trinajstić information content (AvgIpc) is 2.13. The van der Waals surface area contributed by atoms with Crippen molar-refractivity contribution < 1.29 is 19.5 Å². The number of amides is 2. The topological polar surface area (TPSA) is 136 Å². The molecule has 0 bridgehead atoms. The Bertz CT molecular complexity index is 277. The molecular formula is C10H21N3O4. The lowest BCUT2D eigenvalue weighted by Gasteiger charge is -2.16. The molecule has 0 aromatic heterocycles. The van der Waals surface area contributed by atoms with Crippen LogP contribution in [0.5, 0.6) is 0 Å². The Morgan fingerprint density at radius 1 is 1.18 bits per heavy atom. The van der Waals surface area contributed by atoms with E-state index < -0.39 is 24.0 Å². The summed E-state index contributed by atoms with van der Waals surface area (Å²) in [5, 5.41) is 10.9. The average molecular weight is 247 g/mol. The van der Waals surface area contributed by atoms with Crippen LogP contribution in [0.4, 0.5) is 0 Å². The number of hydrogen-bond acceptors (Lipinski definition) is 4. The van der Waals surface area contributed by atoms with Gasteiger partial charge in [0.2, 0.25) is 11.8 Å². The molecule has 0 radical (unpaired) electrons. The van der Waals surface area contributed by atoms with Gasteiger partial charge in [-0.2, -0.15) is 0 Å². The van der Waals surface area contributed by atoms with Gasteiger partial charge >= 0.3 is 5.97 Å². The fourth-order valence-electron chi connectivity index (χ4n) is 0.733. The molecule has 7 heteroatoms. The van der Waals surface area contributed by atoms with Gasteiger partial charge in [0.15, 0.2) is 0 Å². The van der Waals surface area contributed by atoms with Crippen LogP contribution >= 0.6 is 0 Å². The summed E-state index contributed by atoms with van der Waals surface area (Å²) in [6, 6.07) is -1.28. The van der Waals surface area contributed by atoms with Gasteiger partial charge < -0.3 is 21.9 Å². The lowest BCUT2D eigenvalue weighted by molar-refractivity contribution is -0.142. The van der Waals surface area contributed by atoms with Gasteiger partial charge in [0, 0.05) is 6.92 Å². The predicted molar refractivity (Wildman–Crippen MR) is 62.9 cm³/mol. The van der Waals surface area contributed by atoms with E-state index in [1.54, 1.807) is 20.8 Å². The summed E-state index contributed by atoms with van der Waals surface area (Å²) in [6.45, 7) is 6.34. The second-order valence-corrected chi connectivity index (χ2v) is 3.95. The number of carboxylic acid groups (broad SMARTS) is 1. The molecule has 0 rings (SSSR count). The molecule has 2 atom stereocenters. The van der Waals surface area contributed by atoms with Crippen LogP contribution in [0.15, 0.2) is 0 Å². The zero-order valence-corrected chi connectivity index (χ0v) is 10.6. The van der Waals surface area contributed by atoms with Crippen molar-refractivity contribution in [2.45, 2.75) is 39.8 Å². The molecular weight excluding hydrogens is 226 g/mol. The summed E-state index contributed by atoms with van der Waals surface area (Å²) in [4.78, 5) is 30.7. The van der Waals surface area contributed by atoms with Crippen LogP contribution in [0, 0.1) is 5.92 Å². The van der Waals surface area contributed by atoms with Crippen molar-refractivity contribution in [3.63, 3.8) is 0 Å². The third kappa shape index (κ3) is 10.6. The van der Waals surface area contributed by atoms with E-state index in [-0.39, 0.29) is 11.8 Å². The number of aliphatic carboxylic acids is 1. The normalized spacial score (nSPS) is 13.1. The summed E-state index contributed by atoms with van der Waals surface area (Å²) in [6.07, 6.45) is 0. The SMILES string of the molecule is CC(=O)NC(C(=O)O)C(C)C.CC(N)C(N)=O. The highest BCUT2D eigenvalue weighted by molar-refractivity contribution is 5.82. The van der Waals surface area contributed by atoms with E-state index in [4.69, 9.17) is 10.8 Å². The summed E-state index contributed by atoms with van der Waals surface area (Å²) >= 11 is 0. The Morgan fingerprint density at radius 3 is 1.59 bits per heavy atom. The van der Waals surface area contributed by atoms with Crippen LogP contribution in [0.1, 0.15) is 27.7 Å². The first kappa shape index (κ1) is 17.8. The minimum Gasteiger partial charge on any atom is -0.480 e. The van der Waals surface area contributed by atoms with Crippen molar-refractivity contribution in [2.75, 3.05) is 0 Å². The Kier molecular flexibility index (Phi) is 8.89. The molecule has 0 aromatic carbocycles. The number of nitrogens with two attached hydrogens (primary N) is 2. The maximum absolute atomic E-state index is 10.5. The van der Waals surface area contributed by atoms with Crippen molar-refractivity contribution in [3.05, 3.63) is 0 Å². The fourth-order valence-corrected chi connectivity index (χ4v) is 0.733. The molecule has 7 nitrogen and oxygen atoms in total.